The Kier molecular flexibility index (Phi) is 5.38. The highest BCUT2D eigenvalue weighted by Crippen LogP contribution is 2.24. The van der Waals surface area contributed by atoms with Gasteiger partial charge in [-0.15, -0.1) is 0 Å². The third-order valence-electron chi connectivity index (χ3n) is 5.05. The molecule has 0 N–H and O–H groups in total. The molecule has 0 bridgehead atoms. The molecule has 0 saturated heterocycles. The first-order chi connectivity index (χ1) is 14.4. The Morgan fingerprint density at radius 2 is 1.50 bits per heavy atom. The molecule has 0 fully saturated rings. The summed E-state index contributed by atoms with van der Waals surface area (Å²) in [7, 11) is 1.72. The molecule has 0 aliphatic carbocycles. The van der Waals surface area contributed by atoms with Gasteiger partial charge in [0.05, 0.1) is 17.7 Å². The summed E-state index contributed by atoms with van der Waals surface area (Å²) in [6.45, 7) is 0.535. The molecule has 0 spiro atoms. The van der Waals surface area contributed by atoms with Crippen LogP contribution in [0.5, 0.6) is 0 Å². The molecule has 3 aromatic rings. The van der Waals surface area contributed by atoms with Gasteiger partial charge in [-0.3, -0.25) is 19.3 Å². The fraction of sp³-hybridized carbons (Fsp3) is 0.125. The van der Waals surface area contributed by atoms with Gasteiger partial charge in [-0.05, 0) is 47.5 Å². The van der Waals surface area contributed by atoms with Gasteiger partial charge >= 0.3 is 0 Å². The van der Waals surface area contributed by atoms with Crippen molar-refractivity contribution in [2.75, 3.05) is 7.05 Å². The summed E-state index contributed by atoms with van der Waals surface area (Å²) in [6, 6.07) is 21.2. The molecule has 6 heteroatoms. The molecule has 0 aromatic heterocycles. The fourth-order valence-corrected chi connectivity index (χ4v) is 3.78. The third kappa shape index (κ3) is 3.84. The molecule has 5 nitrogen and oxygen atoms in total. The van der Waals surface area contributed by atoms with E-state index in [1.165, 1.54) is 4.90 Å². The van der Waals surface area contributed by atoms with Crippen molar-refractivity contribution < 1.29 is 14.4 Å². The number of nitrogens with zero attached hydrogens (tertiary/aromatic N) is 2. The van der Waals surface area contributed by atoms with Crippen molar-refractivity contribution >= 4 is 29.3 Å². The predicted octanol–water partition coefficient (Wildman–Crippen LogP) is 4.41. The van der Waals surface area contributed by atoms with E-state index in [0.717, 1.165) is 5.56 Å². The molecule has 0 unspecified atom stereocenters. The molecule has 0 saturated carbocycles. The molecule has 4 rings (SSSR count). The maximum Gasteiger partial charge on any atom is 0.261 e. The normalized spacial score (nSPS) is 12.8. The minimum absolute atomic E-state index is 0.117. The zero-order chi connectivity index (χ0) is 21.3. The average molecular weight is 419 g/mol. The molecule has 0 atom stereocenters. The van der Waals surface area contributed by atoms with Gasteiger partial charge in [0.2, 0.25) is 0 Å². The van der Waals surface area contributed by atoms with E-state index in [1.807, 2.05) is 18.2 Å². The number of hydrogen-bond acceptors (Lipinski definition) is 3. The van der Waals surface area contributed by atoms with Crippen molar-refractivity contribution in [3.63, 3.8) is 0 Å². The number of rotatable bonds is 5. The monoisotopic (exact) mass is 418 g/mol. The van der Waals surface area contributed by atoms with Crippen molar-refractivity contribution in [1.82, 2.24) is 9.80 Å². The van der Waals surface area contributed by atoms with Crippen LogP contribution in [0, 0.1) is 0 Å². The highest BCUT2D eigenvalue weighted by Gasteiger charge is 2.35. The van der Waals surface area contributed by atoms with Gasteiger partial charge in [-0.1, -0.05) is 48.0 Å². The molecule has 150 valence electrons. The number of carbonyl (C=O) groups excluding carboxylic acids is 3. The van der Waals surface area contributed by atoms with Crippen LogP contribution in [0.25, 0.3) is 0 Å². The van der Waals surface area contributed by atoms with Crippen molar-refractivity contribution in [2.24, 2.45) is 0 Å². The Hall–Kier alpha value is -3.44. The van der Waals surface area contributed by atoms with Crippen molar-refractivity contribution in [2.45, 2.75) is 13.1 Å². The molecule has 1 aliphatic heterocycles. The molecule has 1 heterocycles. The van der Waals surface area contributed by atoms with Gasteiger partial charge in [-0.2, -0.15) is 0 Å². The van der Waals surface area contributed by atoms with Crippen molar-refractivity contribution in [3.8, 4) is 0 Å². The Morgan fingerprint density at radius 3 is 2.17 bits per heavy atom. The van der Waals surface area contributed by atoms with Crippen LogP contribution >= 0.6 is 11.6 Å². The first kappa shape index (κ1) is 19.9. The summed E-state index contributed by atoms with van der Waals surface area (Å²) in [5, 5.41) is 0.622. The van der Waals surface area contributed by atoms with Gasteiger partial charge in [0.15, 0.2) is 0 Å². The number of halogens is 1. The van der Waals surface area contributed by atoms with E-state index < -0.39 is 0 Å². The first-order valence-corrected chi connectivity index (χ1v) is 9.86. The van der Waals surface area contributed by atoms with Crippen molar-refractivity contribution in [3.05, 3.63) is 106 Å². The first-order valence-electron chi connectivity index (χ1n) is 9.48. The Labute approximate surface area is 179 Å². The standard InChI is InChI=1S/C24H19ClN2O3/c1-26(14-17-7-5-9-19(25)13-17)22(28)18-8-4-6-16(12-18)15-27-23(29)20-10-2-3-11-21(20)24(27)30/h2-13H,14-15H2,1H3. The zero-order valence-electron chi connectivity index (χ0n) is 16.3. The predicted molar refractivity (Wildman–Crippen MR) is 114 cm³/mol. The van der Waals surface area contributed by atoms with Gasteiger partial charge in [0.25, 0.3) is 17.7 Å². The molecule has 1 aliphatic rings. The number of imide groups is 1. The van der Waals surface area contributed by atoms with Crippen LogP contribution in [0.3, 0.4) is 0 Å². The summed E-state index contributed by atoms with van der Waals surface area (Å²) in [5.74, 6) is -0.782. The average Bonchev–Trinajstić information content (AvgIpc) is 2.98. The Morgan fingerprint density at radius 1 is 0.867 bits per heavy atom. The van der Waals surface area contributed by atoms with Gasteiger partial charge in [0.1, 0.15) is 0 Å². The van der Waals surface area contributed by atoms with Gasteiger partial charge in [0, 0.05) is 24.2 Å². The number of benzene rings is 3. The molecule has 3 amide bonds. The molecular weight excluding hydrogens is 400 g/mol. The summed E-state index contributed by atoms with van der Waals surface area (Å²) in [6.07, 6.45) is 0. The fourth-order valence-electron chi connectivity index (χ4n) is 3.57. The van der Waals surface area contributed by atoms with Crippen molar-refractivity contribution in [1.29, 1.82) is 0 Å². The second kappa shape index (κ2) is 8.13. The quantitative estimate of drug-likeness (QED) is 0.577. The third-order valence-corrected chi connectivity index (χ3v) is 5.28. The van der Waals surface area contributed by atoms with Crippen LogP contribution in [-0.4, -0.2) is 34.6 Å². The van der Waals surface area contributed by atoms with Crippen LogP contribution in [-0.2, 0) is 13.1 Å². The van der Waals surface area contributed by atoms with E-state index in [9.17, 15) is 14.4 Å². The SMILES string of the molecule is CN(Cc1cccc(Cl)c1)C(=O)c1cccc(CN2C(=O)c3ccccc3C2=O)c1. The Bertz CT molecular complexity index is 1120. The molecule has 30 heavy (non-hydrogen) atoms. The van der Waals surface area contributed by atoms with Crippen LogP contribution in [0.2, 0.25) is 5.02 Å². The van der Waals surface area contributed by atoms with E-state index in [4.69, 9.17) is 11.6 Å². The second-order valence-corrected chi connectivity index (χ2v) is 7.67. The van der Waals surface area contributed by atoms with E-state index >= 15 is 0 Å². The Balaban J connectivity index is 1.50. The minimum atomic E-state index is -0.314. The number of carbonyl (C=O) groups is 3. The summed E-state index contributed by atoms with van der Waals surface area (Å²) in [5.41, 5.74) is 2.97. The second-order valence-electron chi connectivity index (χ2n) is 7.23. The maximum atomic E-state index is 12.9. The van der Waals surface area contributed by atoms with Crippen LogP contribution in [0.15, 0.2) is 72.8 Å². The smallest absolute Gasteiger partial charge is 0.261 e. The minimum Gasteiger partial charge on any atom is -0.337 e. The van der Waals surface area contributed by atoms with Gasteiger partial charge < -0.3 is 4.90 Å². The van der Waals surface area contributed by atoms with Crippen LogP contribution in [0.1, 0.15) is 42.2 Å². The highest BCUT2D eigenvalue weighted by atomic mass is 35.5. The highest BCUT2D eigenvalue weighted by molar-refractivity contribution is 6.30. The topological polar surface area (TPSA) is 57.7 Å². The summed E-state index contributed by atoms with van der Waals surface area (Å²) < 4.78 is 0. The number of fused-ring (bicyclic) bond motifs is 1. The summed E-state index contributed by atoms with van der Waals surface area (Å²) in [4.78, 5) is 40.9. The number of hydrogen-bond donors (Lipinski definition) is 0. The van der Waals surface area contributed by atoms with Gasteiger partial charge in [-0.25, -0.2) is 0 Å². The van der Waals surface area contributed by atoms with E-state index in [-0.39, 0.29) is 24.3 Å². The lowest BCUT2D eigenvalue weighted by molar-refractivity contribution is 0.0642. The van der Waals surface area contributed by atoms with Crippen LogP contribution in [0.4, 0.5) is 0 Å². The number of amides is 3. The lowest BCUT2D eigenvalue weighted by atomic mass is 10.1. The van der Waals surface area contributed by atoms with E-state index in [2.05, 4.69) is 0 Å². The molecule has 3 aromatic carbocycles. The van der Waals surface area contributed by atoms with E-state index in [1.54, 1.807) is 66.5 Å². The lowest BCUT2D eigenvalue weighted by Gasteiger charge is -2.19. The molecule has 0 radical (unpaired) electrons. The lowest BCUT2D eigenvalue weighted by Crippen LogP contribution is -2.29. The molecular formula is C24H19ClN2O3. The van der Waals surface area contributed by atoms with E-state index in [0.29, 0.717) is 33.8 Å². The van der Waals surface area contributed by atoms with Crippen LogP contribution < -0.4 is 0 Å². The largest absolute Gasteiger partial charge is 0.337 e. The maximum absolute atomic E-state index is 12.9. The summed E-state index contributed by atoms with van der Waals surface area (Å²) >= 11 is 6.02. The zero-order valence-corrected chi connectivity index (χ0v) is 17.1.